The Hall–Kier alpha value is -3.05. The number of phenolic OH excluding ortho intramolecular Hbond substituents is 1. The van der Waals surface area contributed by atoms with Crippen LogP contribution in [0.2, 0.25) is 0 Å². The van der Waals surface area contributed by atoms with E-state index in [9.17, 15) is 15.0 Å². The topological polar surface area (TPSA) is 81.6 Å². The summed E-state index contributed by atoms with van der Waals surface area (Å²) in [5.41, 5.74) is 2.65. The molecule has 0 aliphatic heterocycles. The van der Waals surface area contributed by atoms with Crippen molar-refractivity contribution >= 4 is 16.8 Å². The molecule has 0 spiro atoms. The van der Waals surface area contributed by atoms with E-state index in [2.05, 4.69) is 10.6 Å². The lowest BCUT2D eigenvalue weighted by Gasteiger charge is -2.27. The molecule has 2 amide bonds. The van der Waals surface area contributed by atoms with Crippen LogP contribution in [0.3, 0.4) is 0 Å². The fourth-order valence-electron chi connectivity index (χ4n) is 3.91. The van der Waals surface area contributed by atoms with Crippen molar-refractivity contribution in [2.24, 2.45) is 0 Å². The van der Waals surface area contributed by atoms with Crippen LogP contribution in [-0.2, 0) is 6.42 Å². The van der Waals surface area contributed by atoms with Gasteiger partial charge < -0.3 is 20.8 Å². The number of phenols is 1. The zero-order valence-electron chi connectivity index (χ0n) is 15.6. The Kier molecular flexibility index (Phi) is 5.17. The molecule has 0 bridgehead atoms. The molecular formula is C23H24N2O3. The van der Waals surface area contributed by atoms with Gasteiger partial charge in [-0.05, 0) is 58.9 Å². The van der Waals surface area contributed by atoms with Gasteiger partial charge in [0.25, 0.3) is 0 Å². The number of benzene rings is 3. The van der Waals surface area contributed by atoms with E-state index in [0.717, 1.165) is 46.7 Å². The highest BCUT2D eigenvalue weighted by atomic mass is 16.3. The van der Waals surface area contributed by atoms with Crippen molar-refractivity contribution in [2.45, 2.75) is 31.4 Å². The molecule has 5 nitrogen and oxygen atoms in total. The molecule has 3 aromatic rings. The van der Waals surface area contributed by atoms with Gasteiger partial charge in [0.05, 0.1) is 12.1 Å². The first-order valence-electron chi connectivity index (χ1n) is 9.63. The number of aliphatic hydroxyl groups excluding tert-OH is 1. The van der Waals surface area contributed by atoms with Gasteiger partial charge in [0.15, 0.2) is 0 Å². The van der Waals surface area contributed by atoms with Crippen molar-refractivity contribution in [3.8, 4) is 5.75 Å². The lowest BCUT2D eigenvalue weighted by atomic mass is 9.87. The van der Waals surface area contributed by atoms with Gasteiger partial charge in [0.2, 0.25) is 0 Å². The van der Waals surface area contributed by atoms with Gasteiger partial charge in [-0.25, -0.2) is 4.79 Å². The molecule has 0 saturated heterocycles. The van der Waals surface area contributed by atoms with Gasteiger partial charge in [-0.15, -0.1) is 0 Å². The largest absolute Gasteiger partial charge is 0.508 e. The molecule has 0 aromatic heterocycles. The van der Waals surface area contributed by atoms with Crippen LogP contribution in [-0.4, -0.2) is 22.8 Å². The van der Waals surface area contributed by atoms with Gasteiger partial charge in [0, 0.05) is 6.54 Å². The van der Waals surface area contributed by atoms with Gasteiger partial charge >= 0.3 is 6.03 Å². The van der Waals surface area contributed by atoms with Crippen LogP contribution >= 0.6 is 0 Å². The Labute approximate surface area is 164 Å². The average Bonchev–Trinajstić information content (AvgIpc) is 2.72. The van der Waals surface area contributed by atoms with Crippen LogP contribution in [0.1, 0.15) is 41.7 Å². The molecule has 4 N–H and O–H groups in total. The van der Waals surface area contributed by atoms with Crippen LogP contribution in [0.5, 0.6) is 5.75 Å². The van der Waals surface area contributed by atoms with Crippen molar-refractivity contribution in [2.75, 3.05) is 6.54 Å². The molecule has 2 unspecified atom stereocenters. The highest BCUT2D eigenvalue weighted by Gasteiger charge is 2.23. The SMILES string of the molecule is O=C(NCC(O)c1ccc2ccccc2c1)NC1CCCc2c(O)cccc21. The molecule has 3 aromatic carbocycles. The molecule has 144 valence electrons. The number of aliphatic hydroxyl groups is 1. The molecule has 5 heteroatoms. The first kappa shape index (κ1) is 18.3. The maximum atomic E-state index is 12.4. The second kappa shape index (κ2) is 7.90. The summed E-state index contributed by atoms with van der Waals surface area (Å²) < 4.78 is 0. The summed E-state index contributed by atoms with van der Waals surface area (Å²) in [5, 5.41) is 28.4. The third-order valence-corrected chi connectivity index (χ3v) is 5.40. The highest BCUT2D eigenvalue weighted by Crippen LogP contribution is 2.34. The van der Waals surface area contributed by atoms with Gasteiger partial charge in [-0.1, -0.05) is 48.5 Å². The van der Waals surface area contributed by atoms with Crippen molar-refractivity contribution in [3.63, 3.8) is 0 Å². The van der Waals surface area contributed by atoms with Crippen molar-refractivity contribution in [1.82, 2.24) is 10.6 Å². The van der Waals surface area contributed by atoms with Gasteiger partial charge in [-0.2, -0.15) is 0 Å². The molecule has 28 heavy (non-hydrogen) atoms. The number of nitrogens with one attached hydrogen (secondary N) is 2. The number of carbonyl (C=O) groups is 1. The maximum Gasteiger partial charge on any atom is 0.315 e. The fourth-order valence-corrected chi connectivity index (χ4v) is 3.91. The summed E-state index contributed by atoms with van der Waals surface area (Å²) in [4.78, 5) is 12.4. The Bertz CT molecular complexity index is 1000. The predicted octanol–water partition coefficient (Wildman–Crippen LogP) is 3.96. The zero-order chi connectivity index (χ0) is 19.5. The summed E-state index contributed by atoms with van der Waals surface area (Å²) in [6.07, 6.45) is 1.78. The quantitative estimate of drug-likeness (QED) is 0.556. The summed E-state index contributed by atoms with van der Waals surface area (Å²) in [5.74, 6) is 0.288. The van der Waals surface area contributed by atoms with E-state index in [1.54, 1.807) is 12.1 Å². The summed E-state index contributed by atoms with van der Waals surface area (Å²) in [6, 6.07) is 18.7. The van der Waals surface area contributed by atoms with Crippen LogP contribution < -0.4 is 10.6 Å². The van der Waals surface area contributed by atoms with Gasteiger partial charge in [-0.3, -0.25) is 0 Å². The molecule has 0 saturated carbocycles. The smallest absolute Gasteiger partial charge is 0.315 e. The van der Waals surface area contributed by atoms with E-state index in [4.69, 9.17) is 0 Å². The number of hydrogen-bond donors (Lipinski definition) is 4. The number of amides is 2. The predicted molar refractivity (Wildman–Crippen MR) is 109 cm³/mol. The van der Waals surface area contributed by atoms with Crippen LogP contribution in [0.25, 0.3) is 10.8 Å². The normalized spacial score (nSPS) is 17.0. The molecule has 0 fully saturated rings. The lowest BCUT2D eigenvalue weighted by molar-refractivity contribution is 0.172. The first-order chi connectivity index (χ1) is 13.6. The molecular weight excluding hydrogens is 352 g/mol. The molecule has 0 heterocycles. The molecule has 2 atom stereocenters. The number of aromatic hydroxyl groups is 1. The Balaban J connectivity index is 1.37. The van der Waals surface area contributed by atoms with E-state index < -0.39 is 6.10 Å². The van der Waals surface area contributed by atoms with Gasteiger partial charge in [0.1, 0.15) is 5.75 Å². The van der Waals surface area contributed by atoms with Crippen molar-refractivity contribution in [1.29, 1.82) is 0 Å². The minimum absolute atomic E-state index is 0.129. The average molecular weight is 376 g/mol. The van der Waals surface area contributed by atoms with Crippen LogP contribution in [0, 0.1) is 0 Å². The van der Waals surface area contributed by atoms with E-state index in [1.807, 2.05) is 48.5 Å². The number of urea groups is 1. The van der Waals surface area contributed by atoms with Crippen molar-refractivity contribution < 1.29 is 15.0 Å². The van der Waals surface area contributed by atoms with Crippen LogP contribution in [0.15, 0.2) is 60.7 Å². The van der Waals surface area contributed by atoms with E-state index >= 15 is 0 Å². The number of fused-ring (bicyclic) bond motifs is 2. The fraction of sp³-hybridized carbons (Fsp3) is 0.261. The highest BCUT2D eigenvalue weighted by molar-refractivity contribution is 5.83. The minimum atomic E-state index is -0.780. The Morgan fingerprint density at radius 2 is 1.89 bits per heavy atom. The zero-order valence-corrected chi connectivity index (χ0v) is 15.6. The van der Waals surface area contributed by atoms with E-state index in [1.165, 1.54) is 0 Å². The number of hydrogen-bond acceptors (Lipinski definition) is 3. The molecule has 0 radical (unpaired) electrons. The minimum Gasteiger partial charge on any atom is -0.508 e. The van der Waals surface area contributed by atoms with Crippen LogP contribution in [0.4, 0.5) is 4.79 Å². The summed E-state index contributed by atoms with van der Waals surface area (Å²) in [6.45, 7) is 0.129. The summed E-state index contributed by atoms with van der Waals surface area (Å²) >= 11 is 0. The third kappa shape index (κ3) is 3.80. The monoisotopic (exact) mass is 376 g/mol. The Morgan fingerprint density at radius 3 is 2.75 bits per heavy atom. The van der Waals surface area contributed by atoms with E-state index in [-0.39, 0.29) is 24.4 Å². The van der Waals surface area contributed by atoms with Crippen molar-refractivity contribution in [3.05, 3.63) is 77.4 Å². The molecule has 1 aliphatic rings. The number of carbonyl (C=O) groups excluding carboxylic acids is 1. The molecule has 4 rings (SSSR count). The second-order valence-electron chi connectivity index (χ2n) is 7.27. The first-order valence-corrected chi connectivity index (χ1v) is 9.63. The Morgan fingerprint density at radius 1 is 1.07 bits per heavy atom. The lowest BCUT2D eigenvalue weighted by Crippen LogP contribution is -2.40. The number of rotatable bonds is 4. The third-order valence-electron chi connectivity index (χ3n) is 5.40. The standard InChI is InChI=1S/C23H24N2O3/c26-21-10-4-7-18-19(21)8-3-9-20(18)25-23(28)24-14-22(27)17-12-11-15-5-1-2-6-16(15)13-17/h1-2,4-7,10-13,20,22,26-27H,3,8-9,14H2,(H2,24,25,28). The maximum absolute atomic E-state index is 12.4. The summed E-state index contributed by atoms with van der Waals surface area (Å²) in [7, 11) is 0. The molecule has 1 aliphatic carbocycles. The van der Waals surface area contributed by atoms with E-state index in [0.29, 0.717) is 0 Å². The second-order valence-corrected chi connectivity index (χ2v) is 7.27.